The highest BCUT2D eigenvalue weighted by Crippen LogP contribution is 2.45. The lowest BCUT2D eigenvalue weighted by Gasteiger charge is -2.40. The van der Waals surface area contributed by atoms with Gasteiger partial charge in [0.05, 0.1) is 53.8 Å². The van der Waals surface area contributed by atoms with Crippen LogP contribution in [0, 0.1) is 0 Å². The van der Waals surface area contributed by atoms with Crippen LogP contribution in [0.5, 0.6) is 34.5 Å². The number of hydrogen-bond donors (Lipinski definition) is 7. The first kappa shape index (κ1) is 34.4. The molecule has 2 saturated heterocycles. The largest absolute Gasteiger partial charge is 0.504 e. The van der Waals surface area contributed by atoms with Crippen LogP contribution in [-0.2, 0) is 14.2 Å². The molecule has 2 aliphatic rings. The third-order valence-corrected chi connectivity index (χ3v) is 8.08. The van der Waals surface area contributed by atoms with Gasteiger partial charge in [-0.3, -0.25) is 4.79 Å². The van der Waals surface area contributed by atoms with Crippen molar-refractivity contribution in [1.29, 1.82) is 0 Å². The molecule has 3 heterocycles. The Balaban J connectivity index is 1.44. The Morgan fingerprint density at radius 2 is 1.53 bits per heavy atom. The van der Waals surface area contributed by atoms with E-state index in [-0.39, 0.29) is 39.3 Å². The van der Waals surface area contributed by atoms with Crippen LogP contribution in [0.3, 0.4) is 0 Å². The molecule has 0 bridgehead atoms. The number of aliphatic hydroxyl groups excluding tert-OH is 5. The zero-order valence-corrected chi connectivity index (χ0v) is 25.7. The Bertz CT molecular complexity index is 1640. The topological polar surface area (TPSA) is 246 Å². The second-order valence-electron chi connectivity index (χ2n) is 10.9. The van der Waals surface area contributed by atoms with Gasteiger partial charge in [-0.1, -0.05) is 0 Å². The van der Waals surface area contributed by atoms with Crippen molar-refractivity contribution in [3.8, 4) is 45.6 Å². The van der Waals surface area contributed by atoms with Gasteiger partial charge in [-0.25, -0.2) is 0 Å². The van der Waals surface area contributed by atoms with Gasteiger partial charge in [0.25, 0.3) is 0 Å². The summed E-state index contributed by atoms with van der Waals surface area (Å²) in [4.78, 5) is 13.7. The predicted octanol–water partition coefficient (Wildman–Crippen LogP) is -1.16. The molecule has 5 rings (SSSR count). The fraction of sp³-hybridized carbons (Fsp3) is 0.500. The highest BCUT2D eigenvalue weighted by atomic mass is 16.7. The Kier molecular flexibility index (Phi) is 10.0. The van der Waals surface area contributed by atoms with Crippen molar-refractivity contribution < 1.29 is 78.1 Å². The molecule has 0 radical (unpaired) electrons. The molecular weight excluding hydrogens is 632 g/mol. The van der Waals surface area contributed by atoms with Gasteiger partial charge in [-0.2, -0.15) is 0 Å². The van der Waals surface area contributed by atoms with Gasteiger partial charge in [0.15, 0.2) is 29.3 Å². The number of aromatic hydroxyl groups is 1. The molecule has 2 aromatic carbocycles. The van der Waals surface area contributed by atoms with Crippen LogP contribution in [0.15, 0.2) is 33.7 Å². The molecular formula is C30H36O17. The lowest BCUT2D eigenvalue weighted by Crippen LogP contribution is -2.60. The maximum atomic E-state index is 13.7. The van der Waals surface area contributed by atoms with Crippen molar-refractivity contribution in [1.82, 2.24) is 0 Å². The van der Waals surface area contributed by atoms with Crippen molar-refractivity contribution in [2.45, 2.75) is 48.7 Å². The Labute approximate surface area is 266 Å². The SMILES string of the molecule is COc1cc(OC)c(-c2coc3cc(O[C@@H]4O[C@H](CO[C@H]5OC[C@](O)(CO)[C@H]5O)[C@@H](O)[C@H](O)[C@H]4O)c(OC)c(O)c3c2=O)cc1OC. The monoisotopic (exact) mass is 668 g/mol. The van der Waals surface area contributed by atoms with Crippen LogP contribution < -0.4 is 29.1 Å². The van der Waals surface area contributed by atoms with E-state index in [2.05, 4.69) is 0 Å². The van der Waals surface area contributed by atoms with Crippen molar-refractivity contribution >= 4 is 11.0 Å². The van der Waals surface area contributed by atoms with Crippen LogP contribution in [-0.4, -0.2) is 133 Å². The molecule has 0 unspecified atom stereocenters. The molecule has 17 heteroatoms. The van der Waals surface area contributed by atoms with Gasteiger partial charge >= 0.3 is 0 Å². The van der Waals surface area contributed by atoms with E-state index in [1.54, 1.807) is 0 Å². The molecule has 2 fully saturated rings. The number of phenols is 1. The van der Waals surface area contributed by atoms with E-state index >= 15 is 0 Å². The molecule has 258 valence electrons. The molecule has 0 spiro atoms. The van der Waals surface area contributed by atoms with E-state index in [9.17, 15) is 40.5 Å². The van der Waals surface area contributed by atoms with Gasteiger partial charge in [0, 0.05) is 17.7 Å². The molecule has 2 aliphatic heterocycles. The van der Waals surface area contributed by atoms with E-state index in [0.717, 1.165) is 6.26 Å². The first-order valence-corrected chi connectivity index (χ1v) is 14.2. The average Bonchev–Trinajstić information content (AvgIpc) is 3.36. The second kappa shape index (κ2) is 13.7. The van der Waals surface area contributed by atoms with Crippen LogP contribution in [0.4, 0.5) is 0 Å². The summed E-state index contributed by atoms with van der Waals surface area (Å²) >= 11 is 0. The smallest absolute Gasteiger partial charge is 0.229 e. The fourth-order valence-electron chi connectivity index (χ4n) is 5.34. The van der Waals surface area contributed by atoms with Crippen LogP contribution in [0.25, 0.3) is 22.1 Å². The van der Waals surface area contributed by atoms with Gasteiger partial charge < -0.3 is 78.1 Å². The van der Waals surface area contributed by atoms with Gasteiger partial charge in [-0.05, 0) is 6.07 Å². The molecule has 17 nitrogen and oxygen atoms in total. The molecule has 8 atom stereocenters. The first-order chi connectivity index (χ1) is 22.4. The zero-order chi connectivity index (χ0) is 34.2. The van der Waals surface area contributed by atoms with Crippen LogP contribution in [0.1, 0.15) is 0 Å². The summed E-state index contributed by atoms with van der Waals surface area (Å²) in [6.07, 6.45) is -10.3. The Morgan fingerprint density at radius 1 is 0.851 bits per heavy atom. The summed E-state index contributed by atoms with van der Waals surface area (Å²) in [6, 6.07) is 4.23. The third kappa shape index (κ3) is 6.13. The van der Waals surface area contributed by atoms with Crippen LogP contribution >= 0.6 is 0 Å². The fourth-order valence-corrected chi connectivity index (χ4v) is 5.34. The minimum Gasteiger partial charge on any atom is -0.504 e. The van der Waals surface area contributed by atoms with E-state index in [4.69, 9.17) is 42.3 Å². The number of methoxy groups -OCH3 is 4. The van der Waals surface area contributed by atoms with E-state index in [1.807, 2.05) is 0 Å². The third-order valence-electron chi connectivity index (χ3n) is 8.08. The molecule has 0 saturated carbocycles. The lowest BCUT2D eigenvalue weighted by atomic mass is 9.99. The predicted molar refractivity (Wildman–Crippen MR) is 157 cm³/mol. The van der Waals surface area contributed by atoms with Gasteiger partial charge in [-0.15, -0.1) is 0 Å². The molecule has 47 heavy (non-hydrogen) atoms. The molecule has 3 aromatic rings. The highest BCUT2D eigenvalue weighted by Gasteiger charge is 2.50. The van der Waals surface area contributed by atoms with Crippen molar-refractivity contribution in [3.63, 3.8) is 0 Å². The summed E-state index contributed by atoms with van der Waals surface area (Å²) < 4.78 is 49.2. The molecule has 1 aromatic heterocycles. The standard InChI is InChI=1S/C30H36O17/c1-39-14-6-16(41-3)15(40-2)5-12(14)13-8-43-17-7-18(26(42-4)23(34)20(17)21(13)32)46-28-25(36)24(35)22(33)19(47-28)9-44-29-27(37)30(38,10-31)11-45-29/h5-8,19,22,24-25,27-29,31,33-38H,9-11H2,1-4H3/t19-,22-,24+,25-,27+,28-,29+,30-/m1/s1. The summed E-state index contributed by atoms with van der Waals surface area (Å²) in [5.74, 6) is -0.398. The summed E-state index contributed by atoms with van der Waals surface area (Å²) in [7, 11) is 5.44. The first-order valence-electron chi connectivity index (χ1n) is 14.2. The van der Waals surface area contributed by atoms with Crippen LogP contribution in [0.2, 0.25) is 0 Å². The van der Waals surface area contributed by atoms with Crippen molar-refractivity contribution in [2.75, 3.05) is 48.3 Å². The number of aliphatic hydroxyl groups is 6. The zero-order valence-electron chi connectivity index (χ0n) is 25.7. The maximum absolute atomic E-state index is 13.7. The molecule has 0 aliphatic carbocycles. The summed E-state index contributed by atoms with van der Waals surface area (Å²) in [5.41, 5.74) is -2.51. The second-order valence-corrected chi connectivity index (χ2v) is 10.9. The number of rotatable bonds is 11. The average molecular weight is 669 g/mol. The minimum atomic E-state index is -1.96. The van der Waals surface area contributed by atoms with E-state index in [0.29, 0.717) is 11.5 Å². The maximum Gasteiger partial charge on any atom is 0.229 e. The highest BCUT2D eigenvalue weighted by molar-refractivity contribution is 5.92. The van der Waals surface area contributed by atoms with E-state index in [1.165, 1.54) is 46.6 Å². The molecule has 0 amide bonds. The van der Waals surface area contributed by atoms with Gasteiger partial charge in [0.1, 0.15) is 59.1 Å². The quantitative estimate of drug-likeness (QED) is 0.127. The number of fused-ring (bicyclic) bond motifs is 1. The normalized spacial score (nSPS) is 29.1. The van der Waals surface area contributed by atoms with Crippen molar-refractivity contribution in [3.05, 3.63) is 34.7 Å². The number of benzene rings is 2. The number of hydrogen-bond acceptors (Lipinski definition) is 17. The minimum absolute atomic E-state index is 0.00102. The lowest BCUT2D eigenvalue weighted by molar-refractivity contribution is -0.289. The Hall–Kier alpha value is -3.91. The summed E-state index contributed by atoms with van der Waals surface area (Å²) in [5, 5.41) is 72.3. The summed E-state index contributed by atoms with van der Waals surface area (Å²) in [6.45, 7) is -1.75. The van der Waals surface area contributed by atoms with Gasteiger partial charge in [0.2, 0.25) is 17.5 Å². The Morgan fingerprint density at radius 3 is 2.15 bits per heavy atom. The number of ether oxygens (including phenoxy) is 8. The molecule has 7 N–H and O–H groups in total. The van der Waals surface area contributed by atoms with E-state index < -0.39 is 79.7 Å². The number of phenolic OH excluding ortho intramolecular Hbond substituents is 1. The van der Waals surface area contributed by atoms with Crippen molar-refractivity contribution in [2.24, 2.45) is 0 Å².